The van der Waals surface area contributed by atoms with Gasteiger partial charge in [0, 0.05) is 13.7 Å². The Bertz CT molecular complexity index is 606. The molecule has 1 N–H and O–H groups in total. The van der Waals surface area contributed by atoms with E-state index < -0.39 is 0 Å². The maximum atomic E-state index is 9.16. The Morgan fingerprint density at radius 2 is 2.10 bits per heavy atom. The zero-order valence-corrected chi connectivity index (χ0v) is 12.2. The van der Waals surface area contributed by atoms with Crippen molar-refractivity contribution in [1.82, 2.24) is 24.6 Å². The van der Waals surface area contributed by atoms with Gasteiger partial charge in [0.15, 0.2) is 5.65 Å². The summed E-state index contributed by atoms with van der Waals surface area (Å²) >= 11 is 6.18. The van der Waals surface area contributed by atoms with E-state index in [2.05, 4.69) is 20.0 Å². The molecule has 20 heavy (non-hydrogen) atoms. The predicted molar refractivity (Wildman–Crippen MR) is 76.4 cm³/mol. The van der Waals surface area contributed by atoms with E-state index in [4.69, 9.17) is 16.7 Å². The Balaban J connectivity index is 1.76. The van der Waals surface area contributed by atoms with Gasteiger partial charge in [-0.2, -0.15) is 5.10 Å². The highest BCUT2D eigenvalue weighted by Gasteiger charge is 2.20. The molecule has 108 valence electrons. The third kappa shape index (κ3) is 2.63. The molecule has 0 amide bonds. The van der Waals surface area contributed by atoms with Gasteiger partial charge in [-0.3, -0.25) is 9.58 Å². The Morgan fingerprint density at radius 3 is 2.80 bits per heavy atom. The SMILES string of the molecule is Cn1ncc2c(Cl)nc(CN3CCC(CO)CC3)nc21. The number of halogens is 1. The topological polar surface area (TPSA) is 67.1 Å². The van der Waals surface area contributed by atoms with Crippen LogP contribution in [-0.2, 0) is 13.6 Å². The first-order valence-corrected chi connectivity index (χ1v) is 7.22. The number of aliphatic hydroxyl groups is 1. The molecule has 6 nitrogen and oxygen atoms in total. The van der Waals surface area contributed by atoms with Gasteiger partial charge < -0.3 is 5.11 Å². The van der Waals surface area contributed by atoms with Gasteiger partial charge in [-0.25, -0.2) is 9.97 Å². The van der Waals surface area contributed by atoms with Crippen molar-refractivity contribution in [2.24, 2.45) is 13.0 Å². The number of nitrogens with zero attached hydrogens (tertiary/aromatic N) is 5. The number of rotatable bonds is 3. The third-order valence-electron chi connectivity index (χ3n) is 3.92. The summed E-state index contributed by atoms with van der Waals surface area (Å²) < 4.78 is 1.71. The third-order valence-corrected chi connectivity index (χ3v) is 4.21. The summed E-state index contributed by atoms with van der Waals surface area (Å²) in [5.74, 6) is 1.17. The Morgan fingerprint density at radius 1 is 1.35 bits per heavy atom. The lowest BCUT2D eigenvalue weighted by atomic mass is 9.98. The lowest BCUT2D eigenvalue weighted by Gasteiger charge is -2.30. The predicted octanol–water partition coefficient (Wildman–Crippen LogP) is 1.22. The van der Waals surface area contributed by atoms with Crippen molar-refractivity contribution in [1.29, 1.82) is 0 Å². The van der Waals surface area contributed by atoms with Gasteiger partial charge >= 0.3 is 0 Å². The summed E-state index contributed by atoms with van der Waals surface area (Å²) in [5.41, 5.74) is 0.769. The Kier molecular flexibility index (Phi) is 3.87. The number of likely N-dealkylation sites (tertiary alicyclic amines) is 1. The minimum atomic E-state index is 0.289. The largest absolute Gasteiger partial charge is 0.396 e. The zero-order chi connectivity index (χ0) is 14.1. The van der Waals surface area contributed by atoms with Gasteiger partial charge in [0.05, 0.1) is 18.1 Å². The van der Waals surface area contributed by atoms with Crippen LogP contribution in [0.2, 0.25) is 5.15 Å². The molecule has 0 unspecified atom stereocenters. The van der Waals surface area contributed by atoms with Crippen LogP contribution < -0.4 is 0 Å². The molecule has 3 heterocycles. The summed E-state index contributed by atoms with van der Waals surface area (Å²) in [5, 5.41) is 14.6. The van der Waals surface area contributed by atoms with E-state index in [9.17, 15) is 0 Å². The lowest BCUT2D eigenvalue weighted by Crippen LogP contribution is -2.34. The normalized spacial score (nSPS) is 17.9. The molecule has 2 aromatic rings. The standard InChI is InChI=1S/C13H18ClN5O/c1-18-13-10(6-15-18)12(14)16-11(17-13)7-19-4-2-9(8-20)3-5-19/h6,9,20H,2-5,7-8H2,1H3. The number of aromatic nitrogens is 4. The molecule has 0 aromatic carbocycles. The van der Waals surface area contributed by atoms with Crippen molar-refractivity contribution < 1.29 is 5.11 Å². The van der Waals surface area contributed by atoms with Crippen molar-refractivity contribution >= 4 is 22.6 Å². The van der Waals surface area contributed by atoms with Crippen molar-refractivity contribution in [2.45, 2.75) is 19.4 Å². The minimum absolute atomic E-state index is 0.289. The van der Waals surface area contributed by atoms with Crippen LogP contribution >= 0.6 is 11.6 Å². The van der Waals surface area contributed by atoms with Crippen LogP contribution in [0.25, 0.3) is 11.0 Å². The van der Waals surface area contributed by atoms with Crippen LogP contribution in [0.5, 0.6) is 0 Å². The highest BCUT2D eigenvalue weighted by Crippen LogP contribution is 2.21. The molecule has 1 saturated heterocycles. The van der Waals surface area contributed by atoms with Crippen molar-refractivity contribution in [2.75, 3.05) is 19.7 Å². The molecule has 0 spiro atoms. The van der Waals surface area contributed by atoms with E-state index in [1.54, 1.807) is 10.9 Å². The quantitative estimate of drug-likeness (QED) is 0.863. The molecule has 0 radical (unpaired) electrons. The maximum Gasteiger partial charge on any atom is 0.162 e. The van der Waals surface area contributed by atoms with Crippen molar-refractivity contribution in [3.05, 3.63) is 17.2 Å². The lowest BCUT2D eigenvalue weighted by molar-refractivity contribution is 0.125. The first-order valence-electron chi connectivity index (χ1n) is 6.84. The molecule has 3 rings (SSSR count). The van der Waals surface area contributed by atoms with Crippen molar-refractivity contribution in [3.8, 4) is 0 Å². The van der Waals surface area contributed by atoms with Crippen LogP contribution in [0, 0.1) is 5.92 Å². The molecule has 0 aliphatic carbocycles. The molecule has 0 bridgehead atoms. The number of fused-ring (bicyclic) bond motifs is 1. The van der Waals surface area contributed by atoms with Gasteiger partial charge in [0.1, 0.15) is 11.0 Å². The van der Waals surface area contributed by atoms with Gasteiger partial charge in [0.2, 0.25) is 0 Å². The molecule has 2 aromatic heterocycles. The van der Waals surface area contributed by atoms with E-state index in [-0.39, 0.29) is 6.61 Å². The van der Waals surface area contributed by atoms with Crippen LogP contribution in [0.15, 0.2) is 6.20 Å². The second-order valence-corrected chi connectivity index (χ2v) is 5.70. The monoisotopic (exact) mass is 295 g/mol. The van der Waals surface area contributed by atoms with E-state index in [1.807, 2.05) is 7.05 Å². The highest BCUT2D eigenvalue weighted by atomic mass is 35.5. The second kappa shape index (κ2) is 5.63. The molecular weight excluding hydrogens is 278 g/mol. The molecule has 7 heteroatoms. The number of piperidine rings is 1. The first-order chi connectivity index (χ1) is 9.67. The molecule has 1 aliphatic heterocycles. The maximum absolute atomic E-state index is 9.16. The van der Waals surface area contributed by atoms with E-state index >= 15 is 0 Å². The highest BCUT2D eigenvalue weighted by molar-refractivity contribution is 6.33. The smallest absolute Gasteiger partial charge is 0.162 e. The van der Waals surface area contributed by atoms with Crippen LogP contribution in [0.3, 0.4) is 0 Å². The first kappa shape index (κ1) is 13.7. The van der Waals surface area contributed by atoms with Crippen LogP contribution in [0.1, 0.15) is 18.7 Å². The fourth-order valence-electron chi connectivity index (χ4n) is 2.63. The zero-order valence-electron chi connectivity index (χ0n) is 11.5. The molecule has 1 aliphatic rings. The summed E-state index contributed by atoms with van der Waals surface area (Å²) in [4.78, 5) is 11.2. The minimum Gasteiger partial charge on any atom is -0.396 e. The van der Waals surface area contributed by atoms with E-state index in [1.165, 1.54) is 0 Å². The van der Waals surface area contributed by atoms with Crippen molar-refractivity contribution in [3.63, 3.8) is 0 Å². The fourth-order valence-corrected chi connectivity index (χ4v) is 2.86. The van der Waals surface area contributed by atoms with Gasteiger partial charge in [-0.1, -0.05) is 11.6 Å². The molecule has 0 saturated carbocycles. The summed E-state index contributed by atoms with van der Waals surface area (Å²) in [6.45, 7) is 2.92. The fraction of sp³-hybridized carbons (Fsp3) is 0.615. The number of hydrogen-bond acceptors (Lipinski definition) is 5. The average Bonchev–Trinajstić information content (AvgIpc) is 2.82. The van der Waals surface area contributed by atoms with Crippen LogP contribution in [0.4, 0.5) is 0 Å². The molecular formula is C13H18ClN5O. The summed E-state index contributed by atoms with van der Waals surface area (Å²) in [6.07, 6.45) is 3.74. The number of aliphatic hydroxyl groups excluding tert-OH is 1. The Labute approximate surface area is 122 Å². The second-order valence-electron chi connectivity index (χ2n) is 5.34. The van der Waals surface area contributed by atoms with E-state index in [0.717, 1.165) is 42.8 Å². The van der Waals surface area contributed by atoms with Gasteiger partial charge in [0.25, 0.3) is 0 Å². The summed E-state index contributed by atoms with van der Waals surface area (Å²) in [6, 6.07) is 0. The molecule has 0 atom stereocenters. The Hall–Kier alpha value is -1.24. The van der Waals surface area contributed by atoms with Gasteiger partial charge in [-0.15, -0.1) is 0 Å². The van der Waals surface area contributed by atoms with E-state index in [0.29, 0.717) is 17.6 Å². The van der Waals surface area contributed by atoms with Gasteiger partial charge in [-0.05, 0) is 31.8 Å². The molecule has 1 fully saturated rings. The number of hydrogen-bond donors (Lipinski definition) is 1. The van der Waals surface area contributed by atoms with Crippen LogP contribution in [-0.4, -0.2) is 49.5 Å². The summed E-state index contributed by atoms with van der Waals surface area (Å²) in [7, 11) is 1.85. The number of aryl methyl sites for hydroxylation is 1. The average molecular weight is 296 g/mol.